The van der Waals surface area contributed by atoms with Crippen molar-refractivity contribution in [3.05, 3.63) is 15.6 Å². The highest BCUT2D eigenvalue weighted by Gasteiger charge is 2.12. The Hall–Kier alpha value is -0.410. The molecular formula is C18H36IN5S. The van der Waals surface area contributed by atoms with Gasteiger partial charge in [-0.25, -0.2) is 4.98 Å². The van der Waals surface area contributed by atoms with Crippen molar-refractivity contribution < 1.29 is 0 Å². The van der Waals surface area contributed by atoms with Crippen LogP contribution in [0.15, 0.2) is 4.99 Å². The summed E-state index contributed by atoms with van der Waals surface area (Å²) < 4.78 is 0. The maximum atomic E-state index is 4.72. The number of aryl methyl sites for hydroxylation is 2. The van der Waals surface area contributed by atoms with Crippen LogP contribution < -0.4 is 10.6 Å². The van der Waals surface area contributed by atoms with Crippen molar-refractivity contribution >= 4 is 41.3 Å². The number of nitrogens with zero attached hydrogens (tertiary/aromatic N) is 3. The molecular weight excluding hydrogens is 445 g/mol. The highest BCUT2D eigenvalue weighted by atomic mass is 127. The molecule has 0 aliphatic rings. The first-order valence-corrected chi connectivity index (χ1v) is 9.87. The van der Waals surface area contributed by atoms with Gasteiger partial charge < -0.3 is 10.6 Å². The quantitative estimate of drug-likeness (QED) is 0.322. The van der Waals surface area contributed by atoms with E-state index in [4.69, 9.17) is 4.99 Å². The molecule has 0 saturated carbocycles. The molecule has 1 heterocycles. The van der Waals surface area contributed by atoms with E-state index in [0.29, 0.717) is 12.1 Å². The Morgan fingerprint density at radius 3 is 2.28 bits per heavy atom. The zero-order chi connectivity index (χ0) is 18.1. The zero-order valence-corrected chi connectivity index (χ0v) is 20.0. The summed E-state index contributed by atoms with van der Waals surface area (Å²) in [6.45, 7) is 18.8. The lowest BCUT2D eigenvalue weighted by molar-refractivity contribution is 0.181. The van der Waals surface area contributed by atoms with Gasteiger partial charge in [-0.1, -0.05) is 0 Å². The van der Waals surface area contributed by atoms with Gasteiger partial charge in [0, 0.05) is 43.0 Å². The van der Waals surface area contributed by atoms with Crippen molar-refractivity contribution in [3.63, 3.8) is 0 Å². The maximum absolute atomic E-state index is 4.72. The first kappa shape index (κ1) is 24.6. The second-order valence-electron chi connectivity index (χ2n) is 6.60. The number of thiazole rings is 1. The van der Waals surface area contributed by atoms with Crippen LogP contribution in [0.1, 0.15) is 50.2 Å². The first-order valence-electron chi connectivity index (χ1n) is 9.06. The third kappa shape index (κ3) is 9.19. The van der Waals surface area contributed by atoms with Gasteiger partial charge in [-0.15, -0.1) is 35.3 Å². The van der Waals surface area contributed by atoms with Crippen molar-refractivity contribution in [2.75, 3.05) is 26.2 Å². The summed E-state index contributed by atoms with van der Waals surface area (Å²) in [4.78, 5) is 13.0. The summed E-state index contributed by atoms with van der Waals surface area (Å²) in [7, 11) is 0. The number of aliphatic imine (C=N–C) groups is 1. The number of hydrogen-bond donors (Lipinski definition) is 2. The average molecular weight is 481 g/mol. The van der Waals surface area contributed by atoms with Crippen molar-refractivity contribution in [3.8, 4) is 0 Å². The van der Waals surface area contributed by atoms with Crippen LogP contribution in [0.5, 0.6) is 0 Å². The molecule has 0 radical (unpaired) electrons. The van der Waals surface area contributed by atoms with Gasteiger partial charge in [0.2, 0.25) is 0 Å². The van der Waals surface area contributed by atoms with Crippen LogP contribution in [-0.2, 0) is 6.42 Å². The summed E-state index contributed by atoms with van der Waals surface area (Å²) in [6.07, 6.45) is 0.992. The van der Waals surface area contributed by atoms with E-state index >= 15 is 0 Å². The van der Waals surface area contributed by atoms with E-state index in [1.165, 1.54) is 4.88 Å². The molecule has 0 spiro atoms. The number of rotatable bonds is 9. The number of hydrogen-bond acceptors (Lipinski definition) is 4. The van der Waals surface area contributed by atoms with Crippen LogP contribution in [0.25, 0.3) is 0 Å². The molecule has 0 fully saturated rings. The van der Waals surface area contributed by atoms with Crippen LogP contribution in [0.3, 0.4) is 0 Å². The van der Waals surface area contributed by atoms with Crippen molar-refractivity contribution in [2.45, 2.75) is 67.0 Å². The topological polar surface area (TPSA) is 52.6 Å². The molecule has 146 valence electrons. The second-order valence-corrected chi connectivity index (χ2v) is 7.89. The van der Waals surface area contributed by atoms with Gasteiger partial charge >= 0.3 is 0 Å². The van der Waals surface area contributed by atoms with E-state index in [1.54, 1.807) is 11.3 Å². The van der Waals surface area contributed by atoms with Crippen molar-refractivity contribution in [1.29, 1.82) is 0 Å². The lowest BCUT2D eigenvalue weighted by atomic mass is 10.2. The average Bonchev–Trinajstić information content (AvgIpc) is 2.80. The van der Waals surface area contributed by atoms with Gasteiger partial charge in [-0.05, 0) is 48.5 Å². The predicted octanol–water partition coefficient (Wildman–Crippen LogP) is 3.59. The highest BCUT2D eigenvalue weighted by molar-refractivity contribution is 14.0. The van der Waals surface area contributed by atoms with E-state index in [1.807, 2.05) is 0 Å². The fourth-order valence-electron chi connectivity index (χ4n) is 2.83. The van der Waals surface area contributed by atoms with Gasteiger partial charge in [0.15, 0.2) is 5.96 Å². The summed E-state index contributed by atoms with van der Waals surface area (Å²) in [5.74, 6) is 0.906. The molecule has 1 aromatic heterocycles. The van der Waals surface area contributed by atoms with Crippen LogP contribution in [0, 0.1) is 13.8 Å². The summed E-state index contributed by atoms with van der Waals surface area (Å²) in [5.41, 5.74) is 1.16. The monoisotopic (exact) mass is 481 g/mol. The molecule has 0 unspecified atom stereocenters. The van der Waals surface area contributed by atoms with Crippen LogP contribution in [-0.4, -0.2) is 54.1 Å². The molecule has 0 saturated heterocycles. The third-order valence-corrected chi connectivity index (χ3v) is 5.08. The van der Waals surface area contributed by atoms with Crippen LogP contribution >= 0.6 is 35.3 Å². The van der Waals surface area contributed by atoms with E-state index < -0.39 is 0 Å². The molecule has 2 N–H and O–H groups in total. The van der Waals surface area contributed by atoms with Gasteiger partial charge in [0.25, 0.3) is 0 Å². The van der Waals surface area contributed by atoms with Crippen LogP contribution in [0.2, 0.25) is 0 Å². The van der Waals surface area contributed by atoms with Crippen molar-refractivity contribution in [2.24, 2.45) is 4.99 Å². The zero-order valence-electron chi connectivity index (χ0n) is 16.8. The number of guanidine groups is 1. The summed E-state index contributed by atoms with van der Waals surface area (Å²) in [5, 5.41) is 7.91. The molecule has 0 bridgehead atoms. The number of aromatic nitrogens is 1. The Labute approximate surface area is 175 Å². The Balaban J connectivity index is 0.00000576. The van der Waals surface area contributed by atoms with Crippen molar-refractivity contribution in [1.82, 2.24) is 20.5 Å². The molecule has 1 rings (SSSR count). The smallest absolute Gasteiger partial charge is 0.191 e. The molecule has 0 atom stereocenters. The third-order valence-electron chi connectivity index (χ3n) is 3.94. The largest absolute Gasteiger partial charge is 0.357 e. The Morgan fingerprint density at radius 1 is 1.16 bits per heavy atom. The molecule has 25 heavy (non-hydrogen) atoms. The molecule has 0 aliphatic carbocycles. The summed E-state index contributed by atoms with van der Waals surface area (Å²) in [6, 6.07) is 1.10. The first-order chi connectivity index (χ1) is 11.3. The Bertz CT molecular complexity index is 506. The van der Waals surface area contributed by atoms with E-state index in [2.05, 4.69) is 69.0 Å². The summed E-state index contributed by atoms with van der Waals surface area (Å²) >= 11 is 1.79. The number of nitrogens with one attached hydrogen (secondary N) is 2. The van der Waals surface area contributed by atoms with E-state index in [9.17, 15) is 0 Å². The van der Waals surface area contributed by atoms with E-state index in [0.717, 1.165) is 49.3 Å². The lowest BCUT2D eigenvalue weighted by Gasteiger charge is -2.29. The minimum absolute atomic E-state index is 0. The SMILES string of the molecule is CCNC(=NCCN(C(C)C)C(C)C)NCCc1sc(C)nc1C.I. The predicted molar refractivity (Wildman–Crippen MR) is 122 cm³/mol. The van der Waals surface area contributed by atoms with Crippen LogP contribution in [0.4, 0.5) is 0 Å². The number of halogens is 1. The molecule has 0 aromatic carbocycles. The molecule has 0 aliphatic heterocycles. The van der Waals surface area contributed by atoms with E-state index in [-0.39, 0.29) is 24.0 Å². The minimum atomic E-state index is 0. The van der Waals surface area contributed by atoms with Gasteiger partial charge in [-0.2, -0.15) is 0 Å². The minimum Gasteiger partial charge on any atom is -0.357 e. The standard InChI is InChI=1S/C18H35N5S.HI/c1-8-19-18(21-11-12-23(13(2)3)14(4)5)20-10-9-17-15(6)22-16(7)24-17;/h13-14H,8-12H2,1-7H3,(H2,19,20,21);1H. The Kier molecular flexibility index (Phi) is 12.7. The fourth-order valence-corrected chi connectivity index (χ4v) is 3.77. The van der Waals surface area contributed by atoms with Gasteiger partial charge in [-0.3, -0.25) is 9.89 Å². The Morgan fingerprint density at radius 2 is 1.80 bits per heavy atom. The fraction of sp³-hybridized carbons (Fsp3) is 0.778. The molecule has 7 heteroatoms. The molecule has 0 amide bonds. The highest BCUT2D eigenvalue weighted by Crippen LogP contribution is 2.16. The molecule has 5 nitrogen and oxygen atoms in total. The second kappa shape index (κ2) is 12.9. The maximum Gasteiger partial charge on any atom is 0.191 e. The molecule has 1 aromatic rings. The normalized spacial score (nSPS) is 12.0. The van der Waals surface area contributed by atoms with Gasteiger partial charge in [0.05, 0.1) is 17.2 Å². The van der Waals surface area contributed by atoms with Gasteiger partial charge in [0.1, 0.15) is 0 Å². The lowest BCUT2D eigenvalue weighted by Crippen LogP contribution is -2.41.